The van der Waals surface area contributed by atoms with E-state index in [4.69, 9.17) is 16.6 Å². The maximum atomic E-state index is 14.4. The molecule has 0 saturated carbocycles. The SMILES string of the molecule is CC(C)[C@H](NC(=O)[C@H](Cc1cnc[nH]1)NC(=O)[C@H](Cc1ccccc1)NC(=O)[C@H](CCC(N)=O)NC(=O)CNC(=O)[C@@H](NC(=O)[C@H](C)NC(=O)[C@@H](N)CCC(=O)O)[C@@H](C)O)C(=O)N[C@@H](Cc1ccc(O)cc1)C(=O)O. The molecule has 0 saturated heterocycles. The zero-order chi connectivity index (χ0) is 55.9. The van der Waals surface area contributed by atoms with E-state index in [0.29, 0.717) is 16.8 Å². The van der Waals surface area contributed by atoms with Gasteiger partial charge in [-0.15, -0.1) is 0 Å². The highest BCUT2D eigenvalue weighted by Gasteiger charge is 2.35. The van der Waals surface area contributed by atoms with Gasteiger partial charge in [-0.25, -0.2) is 9.78 Å². The average Bonchev–Trinajstić information content (AvgIpc) is 3.87. The molecule has 0 fully saturated rings. The van der Waals surface area contributed by atoms with E-state index in [1.807, 2.05) is 0 Å². The summed E-state index contributed by atoms with van der Waals surface area (Å²) in [6, 6.07) is 2.44. The van der Waals surface area contributed by atoms with Crippen LogP contribution in [0.4, 0.5) is 0 Å². The smallest absolute Gasteiger partial charge is 0.326 e. The average molecular weight is 1050 g/mol. The van der Waals surface area contributed by atoms with Gasteiger partial charge in [0.25, 0.3) is 0 Å². The van der Waals surface area contributed by atoms with E-state index in [9.17, 15) is 68.1 Å². The number of carbonyl (C=O) groups excluding carboxylic acids is 9. The van der Waals surface area contributed by atoms with Crippen molar-refractivity contribution >= 4 is 65.1 Å². The predicted molar refractivity (Wildman–Crippen MR) is 264 cm³/mol. The van der Waals surface area contributed by atoms with E-state index in [0.717, 1.165) is 6.92 Å². The summed E-state index contributed by atoms with van der Waals surface area (Å²) < 4.78 is 0. The fourth-order valence-electron chi connectivity index (χ4n) is 7.10. The highest BCUT2D eigenvalue weighted by atomic mass is 16.4. The number of hydrogen-bond acceptors (Lipinski definition) is 15. The van der Waals surface area contributed by atoms with Gasteiger partial charge in [0.2, 0.25) is 53.2 Å². The number of imidazole rings is 1. The van der Waals surface area contributed by atoms with Crippen molar-refractivity contribution in [3.05, 3.63) is 83.9 Å². The minimum atomic E-state index is -1.68. The van der Waals surface area contributed by atoms with Crippen molar-refractivity contribution in [2.75, 3.05) is 6.54 Å². The number of nitrogens with one attached hydrogen (secondary N) is 9. The molecule has 0 aliphatic carbocycles. The van der Waals surface area contributed by atoms with Crippen molar-refractivity contribution < 1.29 is 73.2 Å². The van der Waals surface area contributed by atoms with Gasteiger partial charge in [-0.05, 0) is 55.9 Å². The first-order chi connectivity index (χ1) is 35.3. The summed E-state index contributed by atoms with van der Waals surface area (Å²) in [5, 5.41) is 58.1. The summed E-state index contributed by atoms with van der Waals surface area (Å²) in [4.78, 5) is 150. The molecule has 75 heavy (non-hydrogen) atoms. The van der Waals surface area contributed by atoms with Crippen molar-refractivity contribution in [2.24, 2.45) is 17.4 Å². The summed E-state index contributed by atoms with van der Waals surface area (Å²) in [5.74, 6) is -11.7. The van der Waals surface area contributed by atoms with E-state index >= 15 is 0 Å². The Hall–Kier alpha value is -8.46. The molecule has 27 heteroatoms. The highest BCUT2D eigenvalue weighted by molar-refractivity contribution is 5.98. The van der Waals surface area contributed by atoms with Crippen LogP contribution in [-0.2, 0) is 72.0 Å². The zero-order valence-electron chi connectivity index (χ0n) is 41.7. The van der Waals surface area contributed by atoms with Gasteiger partial charge in [0.05, 0.1) is 25.0 Å². The molecule has 0 bridgehead atoms. The maximum Gasteiger partial charge on any atom is 0.326 e. The largest absolute Gasteiger partial charge is 0.508 e. The van der Waals surface area contributed by atoms with Gasteiger partial charge in [-0.1, -0.05) is 56.3 Å². The minimum Gasteiger partial charge on any atom is -0.508 e. The standard InChI is InChI=1S/C48H66N12O15/c1-24(2)39(47(73)58-35(48(74)75)19-28-10-12-30(62)13-11-28)59-45(71)34(20-29-21-51-23-53-29)57-44(70)33(18-27-8-6-5-7-9-27)56-43(69)32(15-16-36(50)63)55-37(64)22-52-46(72)40(26(4)61)60-41(67)25(3)54-42(68)31(49)14-17-38(65)66/h5-13,21,23-26,31-35,39-40,61-62H,14-20,22,49H2,1-4H3,(H2,50,63)(H,51,53)(H,52,72)(H,54,68)(H,55,64)(H,56,69)(H,57,70)(H,58,73)(H,59,71)(H,60,67)(H,65,66)(H,74,75)/t25-,26+,31-,32-,33-,34-,35-,39-,40-/m0/s1. The molecule has 0 aliphatic rings. The number of benzene rings is 2. The fourth-order valence-corrected chi connectivity index (χ4v) is 7.10. The number of aromatic nitrogens is 2. The van der Waals surface area contributed by atoms with E-state index < -0.39 is 151 Å². The van der Waals surface area contributed by atoms with Crippen molar-refractivity contribution in [1.29, 1.82) is 0 Å². The number of carboxylic acid groups (broad SMARTS) is 2. The van der Waals surface area contributed by atoms with Crippen LogP contribution in [0.15, 0.2) is 67.1 Å². The van der Waals surface area contributed by atoms with Crippen LogP contribution >= 0.6 is 0 Å². The number of nitrogens with zero attached hydrogens (tertiary/aromatic N) is 1. The molecule has 9 amide bonds. The minimum absolute atomic E-state index is 0.0486. The third kappa shape index (κ3) is 21.3. The van der Waals surface area contributed by atoms with Crippen molar-refractivity contribution in [3.8, 4) is 5.75 Å². The number of aromatic amines is 1. The van der Waals surface area contributed by atoms with Gasteiger partial charge in [0.15, 0.2) is 0 Å². The number of rotatable bonds is 31. The second-order valence-corrected chi connectivity index (χ2v) is 17.9. The van der Waals surface area contributed by atoms with Crippen LogP contribution in [-0.4, -0.2) is 156 Å². The Morgan fingerprint density at radius 3 is 1.72 bits per heavy atom. The number of aliphatic carboxylic acids is 2. The summed E-state index contributed by atoms with van der Waals surface area (Å²) >= 11 is 0. The summed E-state index contributed by atoms with van der Waals surface area (Å²) in [7, 11) is 0. The van der Waals surface area contributed by atoms with Crippen molar-refractivity contribution in [2.45, 2.75) is 127 Å². The van der Waals surface area contributed by atoms with Gasteiger partial charge < -0.3 is 79.4 Å². The summed E-state index contributed by atoms with van der Waals surface area (Å²) in [6.45, 7) is 4.73. The molecule has 0 radical (unpaired) electrons. The van der Waals surface area contributed by atoms with Crippen LogP contribution in [0.3, 0.4) is 0 Å². The Morgan fingerprint density at radius 1 is 0.600 bits per heavy atom. The van der Waals surface area contributed by atoms with Crippen LogP contribution in [0.25, 0.3) is 0 Å². The number of phenolic OH excluding ortho intramolecular Hbond substituents is 1. The number of phenols is 1. The number of primary amides is 1. The number of aliphatic hydroxyl groups excluding tert-OH is 1. The molecule has 0 aliphatic heterocycles. The molecule has 27 nitrogen and oxygen atoms in total. The third-order valence-corrected chi connectivity index (χ3v) is 11.3. The molecular formula is C48H66N12O15. The Bertz CT molecular complexity index is 2460. The second kappa shape index (κ2) is 29.9. The Kier molecular flexibility index (Phi) is 24.3. The Labute approximate surface area is 430 Å². The van der Waals surface area contributed by atoms with Crippen molar-refractivity contribution in [3.63, 3.8) is 0 Å². The number of hydrogen-bond donors (Lipinski definition) is 15. The molecule has 2 aromatic carbocycles. The van der Waals surface area contributed by atoms with Gasteiger partial charge >= 0.3 is 11.9 Å². The van der Waals surface area contributed by atoms with Crippen LogP contribution in [0.1, 0.15) is 70.2 Å². The van der Waals surface area contributed by atoms with Gasteiger partial charge in [-0.3, -0.25) is 47.9 Å². The lowest BCUT2D eigenvalue weighted by Crippen LogP contribution is -2.60. The number of carbonyl (C=O) groups is 11. The van der Waals surface area contributed by atoms with Crippen LogP contribution < -0.4 is 54.0 Å². The lowest BCUT2D eigenvalue weighted by Gasteiger charge is -2.28. The summed E-state index contributed by atoms with van der Waals surface area (Å²) in [6.07, 6.45) is -0.921. The van der Waals surface area contributed by atoms with E-state index in [-0.39, 0.29) is 31.4 Å². The van der Waals surface area contributed by atoms with E-state index in [1.165, 1.54) is 43.7 Å². The number of aromatic hydroxyl groups is 1. The van der Waals surface area contributed by atoms with Gasteiger partial charge in [0.1, 0.15) is 48.0 Å². The topological polar surface area (TPSA) is 446 Å². The monoisotopic (exact) mass is 1050 g/mol. The normalized spacial score (nSPS) is 14.6. The molecule has 1 aromatic heterocycles. The molecule has 3 aromatic rings. The molecule has 1 heterocycles. The lowest BCUT2D eigenvalue weighted by atomic mass is 10.00. The first kappa shape index (κ1) is 60.8. The van der Waals surface area contributed by atoms with Gasteiger partial charge in [0, 0.05) is 44.0 Å². The zero-order valence-corrected chi connectivity index (χ0v) is 41.7. The van der Waals surface area contributed by atoms with Crippen LogP contribution in [0.5, 0.6) is 5.75 Å². The van der Waals surface area contributed by atoms with Gasteiger partial charge in [-0.2, -0.15) is 0 Å². The van der Waals surface area contributed by atoms with E-state index in [2.05, 4.69) is 52.5 Å². The van der Waals surface area contributed by atoms with Crippen LogP contribution in [0, 0.1) is 5.92 Å². The molecule has 17 N–H and O–H groups in total. The highest BCUT2D eigenvalue weighted by Crippen LogP contribution is 2.13. The third-order valence-electron chi connectivity index (χ3n) is 11.3. The molecule has 9 atom stereocenters. The Balaban J connectivity index is 1.80. The predicted octanol–water partition coefficient (Wildman–Crippen LogP) is -3.75. The lowest BCUT2D eigenvalue weighted by molar-refractivity contribution is -0.142. The molecular weight excluding hydrogens is 985 g/mol. The molecule has 0 spiro atoms. The van der Waals surface area contributed by atoms with Crippen molar-refractivity contribution in [1.82, 2.24) is 52.5 Å². The second-order valence-electron chi connectivity index (χ2n) is 17.9. The number of aliphatic hydroxyl groups is 1. The Morgan fingerprint density at radius 2 is 1.16 bits per heavy atom. The molecule has 408 valence electrons. The molecule has 0 unspecified atom stereocenters. The fraction of sp³-hybridized carbons (Fsp3) is 0.458. The maximum absolute atomic E-state index is 14.4. The van der Waals surface area contributed by atoms with Crippen LogP contribution in [0.2, 0.25) is 0 Å². The molecule has 3 rings (SSSR count). The number of nitrogens with two attached hydrogens (primary N) is 2. The first-order valence-electron chi connectivity index (χ1n) is 23.7. The number of carboxylic acids is 2. The quantitative estimate of drug-likeness (QED) is 0.0294. The van der Waals surface area contributed by atoms with E-state index in [1.54, 1.807) is 44.2 Å². The number of H-pyrrole nitrogens is 1. The number of amides is 9. The first-order valence-corrected chi connectivity index (χ1v) is 23.7. The summed E-state index contributed by atoms with van der Waals surface area (Å²) in [5.41, 5.74) is 12.4.